The highest BCUT2D eigenvalue weighted by Crippen LogP contribution is 2.25. The maximum Gasteiger partial charge on any atom is 0.227 e. The molecule has 0 radical (unpaired) electrons. The number of carbonyl (C=O) groups excluding carboxylic acids is 1. The highest BCUT2D eigenvalue weighted by Gasteiger charge is 2.29. The summed E-state index contributed by atoms with van der Waals surface area (Å²) in [7, 11) is -3.18. The molecular weight excluding hydrogens is 326 g/mol. The van der Waals surface area contributed by atoms with E-state index >= 15 is 0 Å². The van der Waals surface area contributed by atoms with Crippen LogP contribution in [-0.4, -0.2) is 34.9 Å². The molecule has 1 amide bonds. The number of fused-ring (bicyclic) bond motifs is 1. The number of para-hydroxylation sites is 2. The number of hydrogen-bond donors (Lipinski definition) is 1. The lowest BCUT2D eigenvalue weighted by atomic mass is 10.3. The summed E-state index contributed by atoms with van der Waals surface area (Å²) < 4.78 is 26.4. The van der Waals surface area contributed by atoms with Gasteiger partial charge < -0.3 is 4.57 Å². The third-order valence-electron chi connectivity index (χ3n) is 4.65. The molecule has 1 aromatic heterocycles. The third kappa shape index (κ3) is 3.45. The maximum atomic E-state index is 12.3. The normalized spacial score (nSPS) is 15.9. The SMILES string of the molecule is CCn1c(NC(=O)CCS(=O)(=O)C2CCCC2)nc2ccccc21. The second-order valence-electron chi connectivity index (χ2n) is 6.24. The quantitative estimate of drug-likeness (QED) is 0.869. The molecule has 3 rings (SSSR count). The number of amides is 1. The zero-order valence-electron chi connectivity index (χ0n) is 13.9. The number of hydrogen-bond acceptors (Lipinski definition) is 4. The molecule has 24 heavy (non-hydrogen) atoms. The van der Waals surface area contributed by atoms with Crippen LogP contribution in [0, 0.1) is 0 Å². The van der Waals surface area contributed by atoms with Crippen molar-refractivity contribution in [2.24, 2.45) is 0 Å². The minimum Gasteiger partial charge on any atom is -0.310 e. The van der Waals surface area contributed by atoms with E-state index in [1.165, 1.54) is 0 Å². The molecule has 1 aromatic carbocycles. The molecule has 1 fully saturated rings. The monoisotopic (exact) mass is 349 g/mol. The largest absolute Gasteiger partial charge is 0.310 e. The number of carbonyl (C=O) groups is 1. The molecule has 1 N–H and O–H groups in total. The van der Waals surface area contributed by atoms with Crippen LogP contribution in [0.25, 0.3) is 11.0 Å². The van der Waals surface area contributed by atoms with E-state index in [4.69, 9.17) is 0 Å². The number of rotatable bonds is 6. The summed E-state index contributed by atoms with van der Waals surface area (Å²) >= 11 is 0. The molecule has 0 bridgehead atoms. The van der Waals surface area contributed by atoms with E-state index in [0.29, 0.717) is 12.5 Å². The minimum atomic E-state index is -3.18. The first-order valence-electron chi connectivity index (χ1n) is 8.48. The Morgan fingerprint density at radius 1 is 1.29 bits per heavy atom. The van der Waals surface area contributed by atoms with Gasteiger partial charge in [0.05, 0.1) is 22.0 Å². The highest BCUT2D eigenvalue weighted by molar-refractivity contribution is 7.92. The van der Waals surface area contributed by atoms with Crippen LogP contribution >= 0.6 is 0 Å². The third-order valence-corrected chi connectivity index (χ3v) is 6.91. The molecule has 0 spiro atoms. The van der Waals surface area contributed by atoms with Crippen LogP contribution in [0.2, 0.25) is 0 Å². The number of anilines is 1. The van der Waals surface area contributed by atoms with Crippen molar-refractivity contribution in [1.29, 1.82) is 0 Å². The van der Waals surface area contributed by atoms with Gasteiger partial charge in [-0.3, -0.25) is 10.1 Å². The molecule has 7 heteroatoms. The molecule has 0 unspecified atom stereocenters. The fraction of sp³-hybridized carbons (Fsp3) is 0.529. The topological polar surface area (TPSA) is 81.1 Å². The van der Waals surface area contributed by atoms with Gasteiger partial charge >= 0.3 is 0 Å². The number of aryl methyl sites for hydroxylation is 1. The molecule has 1 aliphatic rings. The van der Waals surface area contributed by atoms with Crippen LogP contribution in [0.1, 0.15) is 39.0 Å². The van der Waals surface area contributed by atoms with Crippen molar-refractivity contribution in [1.82, 2.24) is 9.55 Å². The van der Waals surface area contributed by atoms with Crippen LogP contribution in [0.4, 0.5) is 5.95 Å². The summed E-state index contributed by atoms with van der Waals surface area (Å²) in [4.78, 5) is 16.6. The summed E-state index contributed by atoms with van der Waals surface area (Å²) in [6, 6.07) is 7.67. The minimum absolute atomic E-state index is 0.0221. The Morgan fingerprint density at radius 3 is 2.71 bits per heavy atom. The van der Waals surface area contributed by atoms with Crippen molar-refractivity contribution in [3.8, 4) is 0 Å². The Bertz CT molecular complexity index is 836. The molecule has 0 atom stereocenters. The van der Waals surface area contributed by atoms with Crippen molar-refractivity contribution >= 4 is 32.7 Å². The standard InChI is InChI=1S/C17H23N3O3S/c1-2-20-15-10-6-5-9-14(15)18-17(20)19-16(21)11-12-24(22,23)13-7-3-4-8-13/h5-6,9-10,13H,2-4,7-8,11-12H2,1H3,(H,18,19,21). The average Bonchev–Trinajstić information content (AvgIpc) is 3.20. The highest BCUT2D eigenvalue weighted by atomic mass is 32.2. The lowest BCUT2D eigenvalue weighted by Crippen LogP contribution is -2.25. The molecule has 2 aromatic rings. The zero-order valence-corrected chi connectivity index (χ0v) is 14.7. The number of benzene rings is 1. The van der Waals surface area contributed by atoms with Gasteiger partial charge in [-0.25, -0.2) is 13.4 Å². The van der Waals surface area contributed by atoms with Crippen molar-refractivity contribution in [2.75, 3.05) is 11.1 Å². The maximum absolute atomic E-state index is 12.3. The fourth-order valence-electron chi connectivity index (χ4n) is 3.33. The molecule has 130 valence electrons. The van der Waals surface area contributed by atoms with Gasteiger partial charge in [-0.1, -0.05) is 25.0 Å². The Labute approximate surface area is 142 Å². The molecule has 0 saturated heterocycles. The predicted octanol–water partition coefficient (Wildman–Crippen LogP) is 2.74. The Hall–Kier alpha value is -1.89. The van der Waals surface area contributed by atoms with Crippen LogP contribution in [0.15, 0.2) is 24.3 Å². The van der Waals surface area contributed by atoms with Crippen molar-refractivity contribution in [2.45, 2.75) is 50.8 Å². The van der Waals surface area contributed by atoms with Gasteiger partial charge in [0.1, 0.15) is 0 Å². The van der Waals surface area contributed by atoms with Crippen molar-refractivity contribution in [3.63, 3.8) is 0 Å². The van der Waals surface area contributed by atoms with E-state index in [1.54, 1.807) is 0 Å². The zero-order chi connectivity index (χ0) is 17.2. The summed E-state index contributed by atoms with van der Waals surface area (Å²) in [5.74, 6) is 0.0825. The second-order valence-corrected chi connectivity index (χ2v) is 8.64. The number of aromatic nitrogens is 2. The predicted molar refractivity (Wildman–Crippen MR) is 94.7 cm³/mol. The van der Waals surface area contributed by atoms with Crippen LogP contribution in [-0.2, 0) is 21.2 Å². The van der Waals surface area contributed by atoms with Gasteiger partial charge in [-0.05, 0) is 31.9 Å². The number of nitrogens with zero attached hydrogens (tertiary/aromatic N) is 2. The van der Waals surface area contributed by atoms with Crippen LogP contribution < -0.4 is 5.32 Å². The first-order chi connectivity index (χ1) is 11.5. The summed E-state index contributed by atoms with van der Waals surface area (Å²) in [5, 5.41) is 2.50. The summed E-state index contributed by atoms with van der Waals surface area (Å²) in [5.41, 5.74) is 1.77. The van der Waals surface area contributed by atoms with Crippen LogP contribution in [0.5, 0.6) is 0 Å². The summed E-state index contributed by atoms with van der Waals surface area (Å²) in [6.07, 6.45) is 3.38. The van der Waals surface area contributed by atoms with Gasteiger partial charge in [0.25, 0.3) is 0 Å². The Morgan fingerprint density at radius 2 is 2.00 bits per heavy atom. The average molecular weight is 349 g/mol. The number of imidazole rings is 1. The second kappa shape index (κ2) is 6.93. The molecule has 6 nitrogen and oxygen atoms in total. The fourth-order valence-corrected chi connectivity index (χ4v) is 5.18. The van der Waals surface area contributed by atoms with E-state index in [2.05, 4.69) is 10.3 Å². The van der Waals surface area contributed by atoms with Gasteiger partial charge in [-0.15, -0.1) is 0 Å². The van der Waals surface area contributed by atoms with Gasteiger partial charge in [-0.2, -0.15) is 0 Å². The van der Waals surface area contributed by atoms with E-state index in [0.717, 1.165) is 36.7 Å². The van der Waals surface area contributed by atoms with Crippen molar-refractivity contribution < 1.29 is 13.2 Å². The summed E-state index contributed by atoms with van der Waals surface area (Å²) in [6.45, 7) is 2.66. The van der Waals surface area contributed by atoms with E-state index < -0.39 is 9.84 Å². The van der Waals surface area contributed by atoms with Gasteiger partial charge in [0.15, 0.2) is 9.84 Å². The van der Waals surface area contributed by atoms with Gasteiger partial charge in [0.2, 0.25) is 11.9 Å². The van der Waals surface area contributed by atoms with Gasteiger partial charge in [0, 0.05) is 13.0 Å². The van der Waals surface area contributed by atoms with E-state index in [-0.39, 0.29) is 23.3 Å². The van der Waals surface area contributed by atoms with E-state index in [1.807, 2.05) is 35.8 Å². The Kier molecular flexibility index (Phi) is 4.89. The molecule has 1 saturated carbocycles. The molecule has 1 heterocycles. The molecule has 1 aliphatic carbocycles. The first-order valence-corrected chi connectivity index (χ1v) is 10.2. The lowest BCUT2D eigenvalue weighted by Gasteiger charge is -2.11. The molecule has 0 aliphatic heterocycles. The smallest absolute Gasteiger partial charge is 0.227 e. The number of sulfone groups is 1. The first kappa shape index (κ1) is 17.0. The van der Waals surface area contributed by atoms with E-state index in [9.17, 15) is 13.2 Å². The number of nitrogens with one attached hydrogen (secondary N) is 1. The van der Waals surface area contributed by atoms with Crippen LogP contribution in [0.3, 0.4) is 0 Å². The Balaban J connectivity index is 1.67. The molecular formula is C17H23N3O3S. The van der Waals surface area contributed by atoms with Crippen molar-refractivity contribution in [3.05, 3.63) is 24.3 Å². The lowest BCUT2D eigenvalue weighted by molar-refractivity contribution is -0.115.